The lowest BCUT2D eigenvalue weighted by Gasteiger charge is -2.26. The number of carbonyl (C=O) groups is 1. The Kier molecular flexibility index (Phi) is 7.03. The number of ether oxygens (including phenoxy) is 1. The molecule has 1 fully saturated rings. The summed E-state index contributed by atoms with van der Waals surface area (Å²) in [6.45, 7) is 5.08. The van der Waals surface area contributed by atoms with E-state index >= 15 is 0 Å². The average molecular weight is 503 g/mol. The van der Waals surface area contributed by atoms with Crippen LogP contribution in [0.4, 0.5) is 0 Å². The molecule has 1 aromatic heterocycles. The van der Waals surface area contributed by atoms with Gasteiger partial charge in [-0.25, -0.2) is 18.1 Å². The number of phenols is 2. The number of carbonyl (C=O) groups excluding carboxylic acids is 1. The fraction of sp³-hybridized carbons (Fsp3) is 0.318. The normalized spacial score (nSPS) is 14.8. The largest absolute Gasteiger partial charge is 0.507 e. The van der Waals surface area contributed by atoms with Crippen LogP contribution in [0.2, 0.25) is 0 Å². The first-order valence-corrected chi connectivity index (χ1v) is 12.3. The Hall–Kier alpha value is -3.52. The molecular weight excluding hydrogens is 476 g/mol. The van der Waals surface area contributed by atoms with E-state index in [-0.39, 0.29) is 34.4 Å². The highest BCUT2D eigenvalue weighted by atomic mass is 32.2. The number of amides is 1. The van der Waals surface area contributed by atoms with Crippen LogP contribution in [0.25, 0.3) is 22.5 Å². The number of aromatic amines is 1. The van der Waals surface area contributed by atoms with Gasteiger partial charge in [0.25, 0.3) is 5.91 Å². The fourth-order valence-corrected chi connectivity index (χ4v) is 4.90. The molecule has 0 saturated carbocycles. The number of nitrogens with zero attached hydrogens (tertiary/aromatic N) is 3. The summed E-state index contributed by atoms with van der Waals surface area (Å²) in [5.74, 6) is -1.54. The summed E-state index contributed by atoms with van der Waals surface area (Å²) >= 11 is 0. The summed E-state index contributed by atoms with van der Waals surface area (Å²) in [5, 5.41) is 27.3. The molecule has 1 saturated heterocycles. The molecule has 0 unspecified atom stereocenters. The van der Waals surface area contributed by atoms with Gasteiger partial charge in [0.1, 0.15) is 16.4 Å². The van der Waals surface area contributed by atoms with E-state index in [1.54, 1.807) is 25.1 Å². The summed E-state index contributed by atoms with van der Waals surface area (Å²) in [4.78, 5) is 17.1. The van der Waals surface area contributed by atoms with E-state index in [1.807, 2.05) is 0 Å². The third kappa shape index (κ3) is 5.43. The lowest BCUT2D eigenvalue weighted by molar-refractivity contribution is 0.0390. The Morgan fingerprint density at radius 1 is 1.17 bits per heavy atom. The molecule has 0 atom stereocenters. The van der Waals surface area contributed by atoms with Crippen molar-refractivity contribution in [3.8, 4) is 34.0 Å². The first-order valence-electron chi connectivity index (χ1n) is 10.8. The standard InChI is InChI=1S/C22H26N6O6S/c1-13-2-3-14(21-25-22(20(23)31)27-26-21)10-15(13)16-11-19(18(30)12-17(16)29)35(32,33)24-4-5-28-6-8-34-9-7-28/h2-3,10-12,24,29-30H,4-9H2,1H3,(H2,23,31)(H,25,26,27). The maximum absolute atomic E-state index is 13.0. The SMILES string of the molecule is Cc1ccc(-c2n[nH]c(C(N)=O)n2)cc1-c1cc(S(=O)(=O)NCCN2CCOCC2)c(O)cc1O. The Labute approximate surface area is 201 Å². The maximum Gasteiger partial charge on any atom is 0.286 e. The number of rotatable bonds is 8. The van der Waals surface area contributed by atoms with Crippen LogP contribution in [0.15, 0.2) is 35.2 Å². The minimum Gasteiger partial charge on any atom is -0.507 e. The van der Waals surface area contributed by atoms with E-state index in [0.29, 0.717) is 30.9 Å². The predicted octanol–water partition coefficient (Wildman–Crippen LogP) is 0.568. The second kappa shape index (κ2) is 10.00. The number of primary amides is 1. The van der Waals surface area contributed by atoms with E-state index < -0.39 is 21.7 Å². The minimum absolute atomic E-state index is 0.105. The number of aryl methyl sites for hydroxylation is 1. The molecule has 2 aromatic carbocycles. The van der Waals surface area contributed by atoms with Gasteiger partial charge in [0.2, 0.25) is 15.8 Å². The van der Waals surface area contributed by atoms with Crippen LogP contribution in [0.3, 0.4) is 0 Å². The molecule has 0 bridgehead atoms. The van der Waals surface area contributed by atoms with Crippen molar-refractivity contribution in [2.45, 2.75) is 11.8 Å². The number of nitrogens with two attached hydrogens (primary N) is 1. The number of sulfonamides is 1. The van der Waals surface area contributed by atoms with Crippen LogP contribution < -0.4 is 10.5 Å². The van der Waals surface area contributed by atoms with Crippen LogP contribution in [-0.2, 0) is 14.8 Å². The molecule has 186 valence electrons. The van der Waals surface area contributed by atoms with Gasteiger partial charge in [0.15, 0.2) is 5.82 Å². The molecule has 3 aromatic rings. The molecule has 12 nitrogen and oxygen atoms in total. The number of aromatic hydroxyl groups is 2. The van der Waals surface area contributed by atoms with Crippen molar-refractivity contribution in [1.82, 2.24) is 24.8 Å². The Balaban J connectivity index is 1.63. The molecule has 0 aliphatic carbocycles. The minimum atomic E-state index is -4.07. The molecule has 1 amide bonds. The van der Waals surface area contributed by atoms with E-state index in [2.05, 4.69) is 24.8 Å². The predicted molar refractivity (Wildman–Crippen MR) is 126 cm³/mol. The highest BCUT2D eigenvalue weighted by molar-refractivity contribution is 7.89. The number of benzene rings is 2. The third-order valence-corrected chi connectivity index (χ3v) is 7.19. The van der Waals surface area contributed by atoms with Crippen molar-refractivity contribution in [2.24, 2.45) is 5.73 Å². The summed E-state index contributed by atoms with van der Waals surface area (Å²) in [5.41, 5.74) is 7.14. The number of phenolic OH excluding ortho intramolecular Hbond substituents is 2. The number of morpholine rings is 1. The molecule has 4 rings (SSSR count). The molecule has 13 heteroatoms. The van der Waals surface area contributed by atoms with Crippen molar-refractivity contribution in [2.75, 3.05) is 39.4 Å². The summed E-state index contributed by atoms with van der Waals surface area (Å²) < 4.78 is 33.7. The van der Waals surface area contributed by atoms with Crippen LogP contribution >= 0.6 is 0 Å². The van der Waals surface area contributed by atoms with Gasteiger partial charge in [-0.05, 0) is 30.2 Å². The third-order valence-electron chi connectivity index (χ3n) is 5.70. The Bertz CT molecular complexity index is 1350. The van der Waals surface area contributed by atoms with Gasteiger partial charge >= 0.3 is 0 Å². The topological polar surface area (TPSA) is 184 Å². The highest BCUT2D eigenvalue weighted by Gasteiger charge is 2.23. The smallest absolute Gasteiger partial charge is 0.286 e. The summed E-state index contributed by atoms with van der Waals surface area (Å²) in [6, 6.07) is 7.33. The summed E-state index contributed by atoms with van der Waals surface area (Å²) in [7, 11) is -4.07. The van der Waals surface area contributed by atoms with E-state index in [0.717, 1.165) is 24.7 Å². The van der Waals surface area contributed by atoms with E-state index in [9.17, 15) is 23.4 Å². The number of hydrogen-bond donors (Lipinski definition) is 5. The highest BCUT2D eigenvalue weighted by Crippen LogP contribution is 2.39. The molecule has 35 heavy (non-hydrogen) atoms. The fourth-order valence-electron chi connectivity index (χ4n) is 3.78. The van der Waals surface area contributed by atoms with Crippen LogP contribution in [0.5, 0.6) is 11.5 Å². The van der Waals surface area contributed by atoms with Crippen LogP contribution in [0.1, 0.15) is 16.2 Å². The summed E-state index contributed by atoms with van der Waals surface area (Å²) in [6.07, 6.45) is 0. The van der Waals surface area contributed by atoms with Crippen molar-refractivity contribution >= 4 is 15.9 Å². The molecular formula is C22H26N6O6S. The second-order valence-corrected chi connectivity index (χ2v) is 9.83. The van der Waals surface area contributed by atoms with Crippen LogP contribution in [0, 0.1) is 6.92 Å². The van der Waals surface area contributed by atoms with E-state index in [1.165, 1.54) is 6.07 Å². The van der Waals surface area contributed by atoms with E-state index in [4.69, 9.17) is 10.5 Å². The van der Waals surface area contributed by atoms with Crippen molar-refractivity contribution in [3.05, 3.63) is 41.7 Å². The zero-order valence-electron chi connectivity index (χ0n) is 19.0. The number of H-pyrrole nitrogens is 1. The number of aromatic nitrogens is 3. The molecule has 1 aliphatic rings. The quantitative estimate of drug-likeness (QED) is 0.294. The van der Waals surface area contributed by atoms with Gasteiger partial charge < -0.3 is 20.7 Å². The van der Waals surface area contributed by atoms with Crippen molar-refractivity contribution in [3.63, 3.8) is 0 Å². The van der Waals surface area contributed by atoms with Crippen LogP contribution in [-0.4, -0.2) is 84.0 Å². The van der Waals surface area contributed by atoms with Gasteiger partial charge in [-0.2, -0.15) is 5.10 Å². The van der Waals surface area contributed by atoms with Crippen molar-refractivity contribution < 1.29 is 28.2 Å². The van der Waals surface area contributed by atoms with Gasteiger partial charge in [0.05, 0.1) is 13.2 Å². The molecule has 0 spiro atoms. The first-order chi connectivity index (χ1) is 16.7. The second-order valence-electron chi connectivity index (χ2n) is 8.09. The van der Waals surface area contributed by atoms with Gasteiger partial charge in [-0.3, -0.25) is 14.8 Å². The number of hydrogen-bond acceptors (Lipinski definition) is 9. The lowest BCUT2D eigenvalue weighted by atomic mass is 9.97. The zero-order valence-corrected chi connectivity index (χ0v) is 19.8. The number of nitrogens with one attached hydrogen (secondary N) is 2. The Morgan fingerprint density at radius 3 is 2.60 bits per heavy atom. The molecule has 2 heterocycles. The zero-order chi connectivity index (χ0) is 25.2. The molecule has 1 aliphatic heterocycles. The van der Waals surface area contributed by atoms with Gasteiger partial charge in [-0.15, -0.1) is 0 Å². The average Bonchev–Trinajstić information content (AvgIpc) is 3.31. The first kappa shape index (κ1) is 24.6. The maximum atomic E-state index is 13.0. The monoisotopic (exact) mass is 502 g/mol. The molecule has 0 radical (unpaired) electrons. The Morgan fingerprint density at radius 2 is 1.91 bits per heavy atom. The molecule has 6 N–H and O–H groups in total. The van der Waals surface area contributed by atoms with Crippen molar-refractivity contribution in [1.29, 1.82) is 0 Å². The lowest BCUT2D eigenvalue weighted by Crippen LogP contribution is -2.41. The van der Waals surface area contributed by atoms with Gasteiger partial charge in [-0.1, -0.05) is 12.1 Å². The van der Waals surface area contributed by atoms with Gasteiger partial charge in [0, 0.05) is 43.4 Å².